The van der Waals surface area contributed by atoms with E-state index in [9.17, 15) is 0 Å². The molecule has 0 aliphatic carbocycles. The quantitative estimate of drug-likeness (QED) is 0.605. The van der Waals surface area contributed by atoms with Crippen LogP contribution in [0, 0.1) is 11.8 Å². The van der Waals surface area contributed by atoms with E-state index in [0.717, 1.165) is 6.54 Å². The van der Waals surface area contributed by atoms with Crippen LogP contribution < -0.4 is 5.32 Å². The molecule has 0 fully saturated rings. The lowest BCUT2D eigenvalue weighted by Gasteiger charge is -1.94. The van der Waals surface area contributed by atoms with E-state index >= 15 is 0 Å². The fraction of sp³-hybridized carbons (Fsp3) is 0.222. The highest BCUT2D eigenvalue weighted by Crippen LogP contribution is 2.19. The summed E-state index contributed by atoms with van der Waals surface area (Å²) in [7, 11) is 0. The number of nitrogens with one attached hydrogen (secondary N) is 1. The van der Waals surface area contributed by atoms with Gasteiger partial charge in [0.15, 0.2) is 0 Å². The number of para-hydroxylation sites is 1. The van der Waals surface area contributed by atoms with Crippen molar-refractivity contribution in [2.24, 2.45) is 0 Å². The van der Waals surface area contributed by atoms with Crippen molar-refractivity contribution in [3.63, 3.8) is 0 Å². The molecule has 2 heteroatoms. The Bertz CT molecular complexity index is 230. The van der Waals surface area contributed by atoms with E-state index in [4.69, 9.17) is 5.26 Å². The predicted molar refractivity (Wildman–Crippen MR) is 45.3 cm³/mol. The Balaban J connectivity index is 0.000000281. The first kappa shape index (κ1) is 7.62. The number of nitrogens with zero attached hydrogens (tertiary/aromatic N) is 1. The second-order valence-electron chi connectivity index (χ2n) is 2.33. The topological polar surface area (TPSA) is 35.8 Å². The van der Waals surface area contributed by atoms with Crippen molar-refractivity contribution < 1.29 is 0 Å². The average molecular weight is 146 g/mol. The molecule has 1 aliphatic rings. The standard InChI is InChI=1S/C8H9N.CHN/c1-2-4-8-7(3-1)5-6-9-8;1-2/h1-4,9H,5-6H2;1H. The summed E-state index contributed by atoms with van der Waals surface area (Å²) in [6, 6.07) is 8.46. The summed E-state index contributed by atoms with van der Waals surface area (Å²) in [4.78, 5) is 0. The molecule has 0 atom stereocenters. The van der Waals surface area contributed by atoms with Crippen molar-refractivity contribution in [3.8, 4) is 6.57 Å². The monoisotopic (exact) mass is 146 g/mol. The Morgan fingerprint density at radius 2 is 2.00 bits per heavy atom. The van der Waals surface area contributed by atoms with E-state index in [2.05, 4.69) is 36.2 Å². The van der Waals surface area contributed by atoms with Crippen LogP contribution in [-0.2, 0) is 6.42 Å². The maximum Gasteiger partial charge on any atom is 0.0462 e. The fourth-order valence-electron chi connectivity index (χ4n) is 1.24. The molecule has 0 radical (unpaired) electrons. The van der Waals surface area contributed by atoms with Gasteiger partial charge in [-0.15, -0.1) is 0 Å². The number of anilines is 1. The Labute approximate surface area is 66.5 Å². The summed E-state index contributed by atoms with van der Waals surface area (Å²) in [5, 5.41) is 9.80. The van der Waals surface area contributed by atoms with Crippen LogP contribution in [0.1, 0.15) is 5.56 Å². The summed E-state index contributed by atoms with van der Waals surface area (Å²) in [5.74, 6) is 0. The molecule has 1 aromatic carbocycles. The van der Waals surface area contributed by atoms with E-state index in [0.29, 0.717) is 0 Å². The number of benzene rings is 1. The smallest absolute Gasteiger partial charge is 0.0462 e. The van der Waals surface area contributed by atoms with Gasteiger partial charge in [-0.1, -0.05) is 18.2 Å². The van der Waals surface area contributed by atoms with Crippen LogP contribution in [0.3, 0.4) is 0 Å². The summed E-state index contributed by atoms with van der Waals surface area (Å²) in [6.45, 7) is 4.61. The van der Waals surface area contributed by atoms with Crippen molar-refractivity contribution in [1.29, 1.82) is 5.26 Å². The van der Waals surface area contributed by atoms with Crippen LogP contribution in [-0.4, -0.2) is 6.54 Å². The van der Waals surface area contributed by atoms with Crippen LogP contribution in [0.15, 0.2) is 24.3 Å². The molecule has 0 aromatic heterocycles. The molecular weight excluding hydrogens is 136 g/mol. The first-order valence-electron chi connectivity index (χ1n) is 3.54. The number of nitriles is 1. The summed E-state index contributed by atoms with van der Waals surface area (Å²) in [6.07, 6.45) is 1.19. The van der Waals surface area contributed by atoms with Crippen molar-refractivity contribution in [2.45, 2.75) is 6.42 Å². The first-order valence-corrected chi connectivity index (χ1v) is 3.54. The molecule has 0 saturated carbocycles. The largest absolute Gasteiger partial charge is 0.384 e. The van der Waals surface area contributed by atoms with Crippen LogP contribution in [0.5, 0.6) is 0 Å². The zero-order valence-electron chi connectivity index (χ0n) is 6.25. The SMILES string of the molecule is C#N.c1ccc2c(c1)CCN2. The lowest BCUT2D eigenvalue weighted by Crippen LogP contribution is -1.90. The van der Waals surface area contributed by atoms with Crippen LogP contribution in [0.2, 0.25) is 0 Å². The molecule has 1 N–H and O–H groups in total. The molecular formula is C9H10N2. The summed E-state index contributed by atoms with van der Waals surface area (Å²) in [5.41, 5.74) is 2.77. The third-order valence-corrected chi connectivity index (χ3v) is 1.73. The van der Waals surface area contributed by atoms with E-state index in [1.807, 2.05) is 0 Å². The third-order valence-electron chi connectivity index (χ3n) is 1.73. The molecule has 1 aliphatic heterocycles. The fourth-order valence-corrected chi connectivity index (χ4v) is 1.24. The lowest BCUT2D eigenvalue weighted by molar-refractivity contribution is 1.11. The minimum atomic E-state index is 1.11. The Morgan fingerprint density at radius 3 is 2.73 bits per heavy atom. The van der Waals surface area contributed by atoms with Gasteiger partial charge in [-0.05, 0) is 18.1 Å². The average Bonchev–Trinajstić information content (AvgIpc) is 2.55. The van der Waals surface area contributed by atoms with Crippen molar-refractivity contribution >= 4 is 5.69 Å². The van der Waals surface area contributed by atoms with Gasteiger partial charge in [0.1, 0.15) is 0 Å². The normalized spacial score (nSPS) is 12.2. The molecule has 1 heterocycles. The van der Waals surface area contributed by atoms with E-state index in [1.165, 1.54) is 17.7 Å². The van der Waals surface area contributed by atoms with Gasteiger partial charge in [0.2, 0.25) is 0 Å². The molecule has 2 rings (SSSR count). The van der Waals surface area contributed by atoms with Crippen LogP contribution in [0.4, 0.5) is 5.69 Å². The van der Waals surface area contributed by atoms with Gasteiger partial charge in [-0.25, -0.2) is 5.26 Å². The molecule has 0 unspecified atom stereocenters. The van der Waals surface area contributed by atoms with Gasteiger partial charge in [0, 0.05) is 18.8 Å². The first-order chi connectivity index (χ1) is 5.47. The van der Waals surface area contributed by atoms with Crippen molar-refractivity contribution in [2.75, 3.05) is 11.9 Å². The van der Waals surface area contributed by atoms with Crippen LogP contribution in [0.25, 0.3) is 0 Å². The highest BCUT2D eigenvalue weighted by Gasteiger charge is 2.05. The number of fused-ring (bicyclic) bond motifs is 1. The zero-order chi connectivity index (χ0) is 8.10. The maximum atomic E-state index is 6.50. The van der Waals surface area contributed by atoms with Gasteiger partial charge in [-0.3, -0.25) is 0 Å². The number of hydrogen-bond acceptors (Lipinski definition) is 2. The Hall–Kier alpha value is -1.49. The molecule has 0 spiro atoms. The molecule has 0 saturated heterocycles. The number of rotatable bonds is 0. The van der Waals surface area contributed by atoms with Gasteiger partial charge in [0.25, 0.3) is 0 Å². The second-order valence-corrected chi connectivity index (χ2v) is 2.33. The molecule has 11 heavy (non-hydrogen) atoms. The minimum Gasteiger partial charge on any atom is -0.384 e. The molecule has 0 bridgehead atoms. The van der Waals surface area contributed by atoms with Gasteiger partial charge in [0.05, 0.1) is 0 Å². The van der Waals surface area contributed by atoms with E-state index < -0.39 is 0 Å². The van der Waals surface area contributed by atoms with Crippen LogP contribution >= 0.6 is 0 Å². The highest BCUT2D eigenvalue weighted by atomic mass is 14.9. The molecule has 0 amide bonds. The van der Waals surface area contributed by atoms with Crippen molar-refractivity contribution in [1.82, 2.24) is 0 Å². The van der Waals surface area contributed by atoms with Gasteiger partial charge < -0.3 is 5.32 Å². The highest BCUT2D eigenvalue weighted by molar-refractivity contribution is 5.54. The number of hydrogen-bond donors (Lipinski definition) is 1. The zero-order valence-corrected chi connectivity index (χ0v) is 6.25. The predicted octanol–water partition coefficient (Wildman–Crippen LogP) is 1.79. The lowest BCUT2D eigenvalue weighted by atomic mass is 10.2. The maximum absolute atomic E-state index is 6.50. The second kappa shape index (κ2) is 3.62. The summed E-state index contributed by atoms with van der Waals surface area (Å²) >= 11 is 0. The molecule has 2 nitrogen and oxygen atoms in total. The Morgan fingerprint density at radius 1 is 1.27 bits per heavy atom. The van der Waals surface area contributed by atoms with E-state index in [1.54, 1.807) is 0 Å². The molecule has 56 valence electrons. The Kier molecular flexibility index (Phi) is 2.51. The third kappa shape index (κ3) is 1.50. The van der Waals surface area contributed by atoms with Gasteiger partial charge >= 0.3 is 0 Å². The van der Waals surface area contributed by atoms with Crippen molar-refractivity contribution in [3.05, 3.63) is 29.8 Å². The molecule has 1 aromatic rings. The summed E-state index contributed by atoms with van der Waals surface area (Å²) < 4.78 is 0. The minimum absolute atomic E-state index is 1.11. The van der Waals surface area contributed by atoms with Gasteiger partial charge in [-0.2, -0.15) is 0 Å². The van der Waals surface area contributed by atoms with E-state index in [-0.39, 0.29) is 0 Å².